The fourth-order valence-electron chi connectivity index (χ4n) is 2.61. The minimum absolute atomic E-state index is 0.193. The van der Waals surface area contributed by atoms with Gasteiger partial charge in [-0.25, -0.2) is 4.79 Å². The zero-order valence-electron chi connectivity index (χ0n) is 15.3. The number of rotatable bonds is 8. The highest BCUT2D eigenvalue weighted by Gasteiger charge is 2.28. The molecule has 138 valence electrons. The summed E-state index contributed by atoms with van der Waals surface area (Å²) < 4.78 is 4.86. The van der Waals surface area contributed by atoms with Crippen LogP contribution in [0.1, 0.15) is 31.1 Å². The molecule has 0 aliphatic carbocycles. The Bertz CT molecular complexity index is 704. The zero-order valence-corrected chi connectivity index (χ0v) is 16.2. The maximum absolute atomic E-state index is 13.0. The molecule has 0 aromatic heterocycles. The van der Waals surface area contributed by atoms with E-state index in [0.717, 1.165) is 10.5 Å². The van der Waals surface area contributed by atoms with E-state index >= 15 is 0 Å². The molecule has 0 heterocycles. The molecular weight excluding hydrogens is 346 g/mol. The van der Waals surface area contributed by atoms with Gasteiger partial charge in [-0.05, 0) is 30.0 Å². The van der Waals surface area contributed by atoms with Gasteiger partial charge in [0.05, 0.1) is 7.11 Å². The van der Waals surface area contributed by atoms with Crippen molar-refractivity contribution < 1.29 is 14.3 Å². The lowest BCUT2D eigenvalue weighted by Crippen LogP contribution is -2.44. The molecule has 0 saturated carbocycles. The number of esters is 1. The first-order chi connectivity index (χ1) is 12.5. The third-order valence-corrected chi connectivity index (χ3v) is 5.11. The maximum atomic E-state index is 13.0. The topological polar surface area (TPSA) is 55.4 Å². The number of ether oxygens (including phenoxy) is 1. The lowest BCUT2D eigenvalue weighted by Gasteiger charge is -2.22. The summed E-state index contributed by atoms with van der Waals surface area (Å²) in [5.74, 6) is -0.346. The van der Waals surface area contributed by atoms with Crippen LogP contribution in [-0.2, 0) is 14.3 Å². The Hall–Kier alpha value is -2.27. The van der Waals surface area contributed by atoms with Crippen LogP contribution in [0.2, 0.25) is 0 Å². The van der Waals surface area contributed by atoms with Crippen LogP contribution in [0, 0.1) is 5.92 Å². The van der Waals surface area contributed by atoms with E-state index in [1.54, 1.807) is 0 Å². The van der Waals surface area contributed by atoms with Gasteiger partial charge in [0.15, 0.2) is 0 Å². The highest BCUT2D eigenvalue weighted by atomic mass is 32.2. The lowest BCUT2D eigenvalue weighted by molar-refractivity contribution is -0.145. The first kappa shape index (κ1) is 20.0. The van der Waals surface area contributed by atoms with Gasteiger partial charge >= 0.3 is 5.97 Å². The maximum Gasteiger partial charge on any atom is 0.328 e. The number of hydrogen-bond acceptors (Lipinski definition) is 4. The highest BCUT2D eigenvalue weighted by Crippen LogP contribution is 2.35. The summed E-state index contributed by atoms with van der Waals surface area (Å²) in [6, 6.07) is 18.7. The molecule has 5 heteroatoms. The fraction of sp³-hybridized carbons (Fsp3) is 0.333. The standard InChI is InChI=1S/C21H25NO3S/c1-15(2)14-18(21(24)25-3)22-20(23)19(16-10-6-4-7-11-16)26-17-12-8-5-9-13-17/h4-13,15,18-19H,14H2,1-3H3,(H,22,23)/t18-,19+/m0/s1. The van der Waals surface area contributed by atoms with Gasteiger partial charge in [-0.3, -0.25) is 4.79 Å². The SMILES string of the molecule is COC(=O)[C@H](CC(C)C)NC(=O)[C@H](Sc1ccccc1)c1ccccc1. The number of thioether (sulfide) groups is 1. The van der Waals surface area contributed by atoms with Crippen LogP contribution in [0.25, 0.3) is 0 Å². The molecule has 2 atom stereocenters. The molecule has 0 bridgehead atoms. The molecule has 0 spiro atoms. The van der Waals surface area contributed by atoms with Crippen molar-refractivity contribution in [2.24, 2.45) is 5.92 Å². The van der Waals surface area contributed by atoms with E-state index in [1.165, 1.54) is 18.9 Å². The fourth-order valence-corrected chi connectivity index (χ4v) is 3.67. The van der Waals surface area contributed by atoms with E-state index in [9.17, 15) is 9.59 Å². The van der Waals surface area contributed by atoms with Crippen molar-refractivity contribution in [3.63, 3.8) is 0 Å². The molecule has 1 N–H and O–H groups in total. The minimum Gasteiger partial charge on any atom is -0.467 e. The minimum atomic E-state index is -0.643. The quantitative estimate of drug-likeness (QED) is 0.557. The summed E-state index contributed by atoms with van der Waals surface area (Å²) in [7, 11) is 1.34. The predicted octanol–water partition coefficient (Wildman–Crippen LogP) is 4.22. The predicted molar refractivity (Wildman–Crippen MR) is 105 cm³/mol. The number of methoxy groups -OCH3 is 1. The van der Waals surface area contributed by atoms with Crippen LogP contribution < -0.4 is 5.32 Å². The Morgan fingerprint density at radius 1 is 1.00 bits per heavy atom. The summed E-state index contributed by atoms with van der Waals surface area (Å²) in [4.78, 5) is 26.1. The number of amides is 1. The average molecular weight is 372 g/mol. The van der Waals surface area contributed by atoms with Gasteiger partial charge < -0.3 is 10.1 Å². The van der Waals surface area contributed by atoms with E-state index in [-0.39, 0.29) is 11.8 Å². The molecule has 0 saturated heterocycles. The Morgan fingerprint density at radius 3 is 2.12 bits per heavy atom. The Labute approximate surface area is 159 Å². The van der Waals surface area contributed by atoms with Crippen molar-refractivity contribution >= 4 is 23.6 Å². The van der Waals surface area contributed by atoms with E-state index < -0.39 is 17.3 Å². The second-order valence-electron chi connectivity index (χ2n) is 6.44. The molecule has 2 aromatic carbocycles. The van der Waals surface area contributed by atoms with Gasteiger partial charge in [-0.15, -0.1) is 11.8 Å². The van der Waals surface area contributed by atoms with Crippen molar-refractivity contribution in [1.82, 2.24) is 5.32 Å². The summed E-state index contributed by atoms with van der Waals surface area (Å²) in [5.41, 5.74) is 0.895. The number of benzene rings is 2. The lowest BCUT2D eigenvalue weighted by atomic mass is 10.0. The third-order valence-electron chi connectivity index (χ3n) is 3.85. The number of hydrogen-bond donors (Lipinski definition) is 1. The monoisotopic (exact) mass is 371 g/mol. The molecule has 0 unspecified atom stereocenters. The third kappa shape index (κ3) is 5.92. The van der Waals surface area contributed by atoms with Crippen LogP contribution in [0.5, 0.6) is 0 Å². The molecule has 4 nitrogen and oxygen atoms in total. The summed E-state index contributed by atoms with van der Waals surface area (Å²) in [5, 5.41) is 2.44. The van der Waals surface area contributed by atoms with Crippen molar-refractivity contribution in [2.75, 3.05) is 7.11 Å². The van der Waals surface area contributed by atoms with Crippen LogP contribution >= 0.6 is 11.8 Å². The molecule has 0 aliphatic heterocycles. The summed E-state index contributed by atoms with van der Waals surface area (Å²) in [6.07, 6.45) is 0.538. The number of carbonyl (C=O) groups excluding carboxylic acids is 2. The zero-order chi connectivity index (χ0) is 18.9. The summed E-state index contributed by atoms with van der Waals surface area (Å²) >= 11 is 1.47. The van der Waals surface area contributed by atoms with Crippen molar-refractivity contribution in [1.29, 1.82) is 0 Å². The largest absolute Gasteiger partial charge is 0.467 e. The Kier molecular flexibility index (Phi) is 7.73. The Balaban J connectivity index is 2.23. The Morgan fingerprint density at radius 2 is 1.58 bits per heavy atom. The van der Waals surface area contributed by atoms with E-state index in [2.05, 4.69) is 5.32 Å². The van der Waals surface area contributed by atoms with Crippen molar-refractivity contribution in [3.8, 4) is 0 Å². The van der Waals surface area contributed by atoms with Crippen LogP contribution in [0.15, 0.2) is 65.6 Å². The van der Waals surface area contributed by atoms with Gasteiger partial charge in [-0.2, -0.15) is 0 Å². The first-order valence-electron chi connectivity index (χ1n) is 8.66. The molecular formula is C21H25NO3S. The first-order valence-corrected chi connectivity index (χ1v) is 9.54. The van der Waals surface area contributed by atoms with Gasteiger partial charge in [0.2, 0.25) is 5.91 Å². The molecule has 26 heavy (non-hydrogen) atoms. The highest BCUT2D eigenvalue weighted by molar-refractivity contribution is 8.00. The molecule has 0 radical (unpaired) electrons. The molecule has 1 amide bonds. The molecule has 2 aromatic rings. The normalized spacial score (nSPS) is 13.1. The number of nitrogens with one attached hydrogen (secondary N) is 1. The van der Waals surface area contributed by atoms with Crippen LogP contribution in [-0.4, -0.2) is 25.0 Å². The van der Waals surface area contributed by atoms with Gasteiger partial charge in [0.1, 0.15) is 11.3 Å². The molecule has 0 aliphatic rings. The second-order valence-corrected chi connectivity index (χ2v) is 7.61. The van der Waals surface area contributed by atoms with Gasteiger partial charge in [0, 0.05) is 4.90 Å². The second kappa shape index (κ2) is 10.0. The van der Waals surface area contributed by atoms with Gasteiger partial charge in [0.25, 0.3) is 0 Å². The van der Waals surface area contributed by atoms with E-state index in [4.69, 9.17) is 4.74 Å². The van der Waals surface area contributed by atoms with Crippen molar-refractivity contribution in [2.45, 2.75) is 36.5 Å². The van der Waals surface area contributed by atoms with E-state index in [0.29, 0.717) is 6.42 Å². The molecule has 0 fully saturated rings. The van der Waals surface area contributed by atoms with E-state index in [1.807, 2.05) is 74.5 Å². The summed E-state index contributed by atoms with van der Waals surface area (Å²) in [6.45, 7) is 4.02. The number of carbonyl (C=O) groups is 2. The van der Waals surface area contributed by atoms with Crippen LogP contribution in [0.4, 0.5) is 0 Å². The van der Waals surface area contributed by atoms with Crippen LogP contribution in [0.3, 0.4) is 0 Å². The van der Waals surface area contributed by atoms with Crippen molar-refractivity contribution in [3.05, 3.63) is 66.2 Å². The average Bonchev–Trinajstić information content (AvgIpc) is 2.66. The molecule has 2 rings (SSSR count). The van der Waals surface area contributed by atoms with Gasteiger partial charge in [-0.1, -0.05) is 62.4 Å². The smallest absolute Gasteiger partial charge is 0.328 e.